The normalized spacial score (nSPS) is 12.6. The van der Waals surface area contributed by atoms with E-state index in [2.05, 4.69) is 58.9 Å². The van der Waals surface area contributed by atoms with Crippen LogP contribution in [0.1, 0.15) is 89.1 Å². The Balaban J connectivity index is 2.45. The van der Waals surface area contributed by atoms with Crippen LogP contribution in [0, 0.1) is 0 Å². The molecule has 0 fully saturated rings. The highest BCUT2D eigenvalue weighted by molar-refractivity contribution is 5.89. The fourth-order valence-corrected chi connectivity index (χ4v) is 3.27. The first-order valence-electron chi connectivity index (χ1n) is 11.2. The van der Waals surface area contributed by atoms with Gasteiger partial charge in [0.15, 0.2) is 0 Å². The molecule has 1 rings (SSSR count). The van der Waals surface area contributed by atoms with E-state index >= 15 is 0 Å². The predicted molar refractivity (Wildman–Crippen MR) is 132 cm³/mol. The molecular weight excluding hydrogens is 384 g/mol. The Labute approximate surface area is 189 Å². The highest BCUT2D eigenvalue weighted by atomic mass is 16.5. The highest BCUT2D eigenvalue weighted by Gasteiger charge is 2.08. The third-order valence-corrected chi connectivity index (χ3v) is 5.33. The SMILES string of the molecule is COC(=O)c1ccc(O)c(CC=C(C)CCC=C(C)CCC=C(C)CCC=C(C)C)c1. The van der Waals surface area contributed by atoms with Crippen LogP contribution >= 0.6 is 0 Å². The van der Waals surface area contributed by atoms with Crippen molar-refractivity contribution in [1.82, 2.24) is 0 Å². The van der Waals surface area contributed by atoms with Crippen LogP contribution in [-0.2, 0) is 11.2 Å². The van der Waals surface area contributed by atoms with Crippen molar-refractivity contribution >= 4 is 5.97 Å². The van der Waals surface area contributed by atoms with E-state index in [1.165, 1.54) is 29.4 Å². The molecule has 0 radical (unpaired) electrons. The fourth-order valence-electron chi connectivity index (χ4n) is 3.27. The second kappa shape index (κ2) is 14.5. The summed E-state index contributed by atoms with van der Waals surface area (Å²) in [7, 11) is 1.36. The molecule has 0 aromatic heterocycles. The van der Waals surface area contributed by atoms with Gasteiger partial charge in [-0.2, -0.15) is 0 Å². The molecule has 0 heterocycles. The van der Waals surface area contributed by atoms with Crippen molar-refractivity contribution in [1.29, 1.82) is 0 Å². The largest absolute Gasteiger partial charge is 0.508 e. The Morgan fingerprint density at radius 3 is 1.87 bits per heavy atom. The van der Waals surface area contributed by atoms with E-state index in [0.717, 1.165) is 44.1 Å². The second-order valence-corrected chi connectivity index (χ2v) is 8.59. The summed E-state index contributed by atoms with van der Waals surface area (Å²) in [5.74, 6) is -0.183. The van der Waals surface area contributed by atoms with Crippen molar-refractivity contribution in [2.45, 2.75) is 79.6 Å². The lowest BCUT2D eigenvalue weighted by atomic mass is 10.0. The van der Waals surface area contributed by atoms with Gasteiger partial charge >= 0.3 is 5.97 Å². The number of allylic oxidation sites excluding steroid dienone is 8. The summed E-state index contributed by atoms with van der Waals surface area (Å²) in [5.41, 5.74) is 6.78. The predicted octanol–water partition coefficient (Wildman–Crippen LogP) is 7.87. The minimum atomic E-state index is -0.388. The first-order chi connectivity index (χ1) is 14.7. The number of rotatable bonds is 12. The molecule has 1 N–H and O–H groups in total. The molecule has 170 valence electrons. The summed E-state index contributed by atoms with van der Waals surface area (Å²) in [6.07, 6.45) is 16.2. The first kappa shape index (κ1) is 26.5. The number of benzene rings is 1. The van der Waals surface area contributed by atoms with E-state index in [-0.39, 0.29) is 11.7 Å². The van der Waals surface area contributed by atoms with Crippen molar-refractivity contribution in [3.8, 4) is 5.75 Å². The van der Waals surface area contributed by atoms with Gasteiger partial charge in [-0.3, -0.25) is 0 Å². The van der Waals surface area contributed by atoms with Crippen molar-refractivity contribution in [3.05, 3.63) is 75.9 Å². The number of esters is 1. The van der Waals surface area contributed by atoms with E-state index in [1.807, 2.05) is 0 Å². The van der Waals surface area contributed by atoms with Gasteiger partial charge in [-0.1, -0.05) is 46.6 Å². The van der Waals surface area contributed by atoms with Crippen molar-refractivity contribution in [2.24, 2.45) is 0 Å². The molecule has 1 aromatic rings. The van der Waals surface area contributed by atoms with Gasteiger partial charge in [0.25, 0.3) is 0 Å². The molecule has 0 aliphatic carbocycles. The summed E-state index contributed by atoms with van der Waals surface area (Å²) in [4.78, 5) is 11.7. The molecule has 1 aromatic carbocycles. The zero-order valence-electron chi connectivity index (χ0n) is 20.3. The molecule has 0 atom stereocenters. The summed E-state index contributed by atoms with van der Waals surface area (Å²) >= 11 is 0. The van der Waals surface area contributed by atoms with E-state index in [9.17, 15) is 9.90 Å². The quantitative estimate of drug-likeness (QED) is 0.274. The number of methoxy groups -OCH3 is 1. The molecule has 0 aliphatic rings. The fraction of sp³-hybridized carbons (Fsp3) is 0.464. The van der Waals surface area contributed by atoms with Crippen molar-refractivity contribution in [3.63, 3.8) is 0 Å². The smallest absolute Gasteiger partial charge is 0.337 e. The lowest BCUT2D eigenvalue weighted by molar-refractivity contribution is 0.0600. The number of hydrogen-bond acceptors (Lipinski definition) is 3. The number of phenols is 1. The third-order valence-electron chi connectivity index (χ3n) is 5.33. The Bertz CT molecular complexity index is 834. The van der Waals surface area contributed by atoms with Crippen LogP contribution < -0.4 is 0 Å². The van der Waals surface area contributed by atoms with Crippen LogP contribution in [0.15, 0.2) is 64.8 Å². The molecule has 3 heteroatoms. The number of carbonyl (C=O) groups excluding carboxylic acids is 1. The summed E-state index contributed by atoms with van der Waals surface area (Å²) in [5, 5.41) is 10.0. The van der Waals surface area contributed by atoms with Crippen LogP contribution in [0.4, 0.5) is 0 Å². The van der Waals surface area contributed by atoms with Crippen LogP contribution in [0.5, 0.6) is 5.75 Å². The molecule has 0 bridgehead atoms. The number of hydrogen-bond donors (Lipinski definition) is 1. The molecule has 0 aliphatic heterocycles. The van der Waals surface area contributed by atoms with Crippen molar-refractivity contribution < 1.29 is 14.6 Å². The number of carbonyl (C=O) groups is 1. The standard InChI is InChI=1S/C28H40O3/c1-21(2)10-7-11-22(3)12-8-13-23(4)14-9-15-24(5)16-17-25-20-26(28(30)31-6)18-19-27(25)29/h10,12,14,16,18-20,29H,7-9,11,13,15,17H2,1-6H3. The summed E-state index contributed by atoms with van der Waals surface area (Å²) in [6.45, 7) is 10.8. The Morgan fingerprint density at radius 2 is 1.35 bits per heavy atom. The van der Waals surface area contributed by atoms with Crippen LogP contribution in [-0.4, -0.2) is 18.2 Å². The van der Waals surface area contributed by atoms with E-state index in [4.69, 9.17) is 4.74 Å². The molecule has 0 spiro atoms. The minimum absolute atomic E-state index is 0.205. The van der Waals surface area contributed by atoms with Gasteiger partial charge in [0, 0.05) is 0 Å². The number of aromatic hydroxyl groups is 1. The average molecular weight is 425 g/mol. The maximum absolute atomic E-state index is 11.7. The zero-order chi connectivity index (χ0) is 23.2. The average Bonchev–Trinajstić information content (AvgIpc) is 2.72. The Morgan fingerprint density at radius 1 is 0.839 bits per heavy atom. The van der Waals surface area contributed by atoms with Crippen LogP contribution in [0.3, 0.4) is 0 Å². The van der Waals surface area contributed by atoms with Gasteiger partial charge in [-0.15, -0.1) is 0 Å². The molecule has 0 unspecified atom stereocenters. The van der Waals surface area contributed by atoms with Crippen molar-refractivity contribution in [2.75, 3.05) is 7.11 Å². The Kier molecular flexibility index (Phi) is 12.3. The molecule has 31 heavy (non-hydrogen) atoms. The topological polar surface area (TPSA) is 46.5 Å². The van der Waals surface area contributed by atoms with E-state index < -0.39 is 0 Å². The molecule has 0 saturated carbocycles. The van der Waals surface area contributed by atoms with Gasteiger partial charge < -0.3 is 9.84 Å². The van der Waals surface area contributed by atoms with Gasteiger partial charge in [0.05, 0.1) is 12.7 Å². The van der Waals surface area contributed by atoms with Gasteiger partial charge in [0.2, 0.25) is 0 Å². The Hall–Kier alpha value is -2.55. The van der Waals surface area contributed by atoms with Gasteiger partial charge in [0.1, 0.15) is 5.75 Å². The number of ether oxygens (including phenoxy) is 1. The highest BCUT2D eigenvalue weighted by Crippen LogP contribution is 2.21. The third kappa shape index (κ3) is 11.4. The maximum atomic E-state index is 11.7. The monoisotopic (exact) mass is 424 g/mol. The maximum Gasteiger partial charge on any atom is 0.337 e. The molecule has 3 nitrogen and oxygen atoms in total. The molecular formula is C28H40O3. The van der Waals surface area contributed by atoms with E-state index in [0.29, 0.717) is 12.0 Å². The van der Waals surface area contributed by atoms with E-state index in [1.54, 1.807) is 18.2 Å². The van der Waals surface area contributed by atoms with Crippen LogP contribution in [0.25, 0.3) is 0 Å². The first-order valence-corrected chi connectivity index (χ1v) is 11.2. The van der Waals surface area contributed by atoms with Gasteiger partial charge in [-0.25, -0.2) is 4.79 Å². The molecule has 0 amide bonds. The summed E-state index contributed by atoms with van der Waals surface area (Å²) < 4.78 is 4.75. The molecule has 0 saturated heterocycles. The zero-order valence-corrected chi connectivity index (χ0v) is 20.3. The second-order valence-electron chi connectivity index (χ2n) is 8.59. The van der Waals surface area contributed by atoms with Crippen LogP contribution in [0.2, 0.25) is 0 Å². The minimum Gasteiger partial charge on any atom is -0.508 e. The summed E-state index contributed by atoms with van der Waals surface area (Å²) in [6, 6.07) is 4.83. The lowest BCUT2D eigenvalue weighted by Gasteiger charge is -2.06. The number of phenolic OH excluding ortho intramolecular Hbond substituents is 1. The van der Waals surface area contributed by atoms with Gasteiger partial charge in [-0.05, 0) is 103 Å². The lowest BCUT2D eigenvalue weighted by Crippen LogP contribution is -2.01.